The summed E-state index contributed by atoms with van der Waals surface area (Å²) < 4.78 is 23.0. The maximum absolute atomic E-state index is 13.3. The van der Waals surface area contributed by atoms with Crippen LogP contribution >= 0.6 is 34.5 Å². The molecule has 1 aliphatic heterocycles. The van der Waals surface area contributed by atoms with Crippen LogP contribution in [-0.2, 0) is 4.79 Å². The first-order chi connectivity index (χ1) is 18.4. The molecule has 11 heteroatoms. The number of methoxy groups -OCH3 is 3. The van der Waals surface area contributed by atoms with Gasteiger partial charge in [0.2, 0.25) is 5.75 Å². The van der Waals surface area contributed by atoms with Crippen LogP contribution in [0.2, 0.25) is 5.02 Å². The monoisotopic (exact) mass is 572 g/mol. The van der Waals surface area contributed by atoms with Crippen molar-refractivity contribution in [3.8, 4) is 28.7 Å². The van der Waals surface area contributed by atoms with Gasteiger partial charge in [-0.3, -0.25) is 15.0 Å². The third-order valence-corrected chi connectivity index (χ3v) is 8.19. The quantitative estimate of drug-likeness (QED) is 0.199. The van der Waals surface area contributed by atoms with Gasteiger partial charge in [-0.1, -0.05) is 29.8 Å². The van der Waals surface area contributed by atoms with Crippen LogP contribution in [0.4, 0.5) is 0 Å². The zero-order valence-corrected chi connectivity index (χ0v) is 22.8. The van der Waals surface area contributed by atoms with Crippen LogP contribution in [0, 0.1) is 0 Å². The maximum atomic E-state index is 13.3. The number of nitrogens with one attached hydrogen (secondary N) is 1. The van der Waals surface area contributed by atoms with Crippen LogP contribution in [-0.4, -0.2) is 43.5 Å². The fraction of sp³-hybridized carbons (Fsp3) is 0.185. The number of hydrazine groups is 1. The molecule has 38 heavy (non-hydrogen) atoms. The van der Waals surface area contributed by atoms with Crippen molar-refractivity contribution < 1.29 is 28.5 Å². The lowest BCUT2D eigenvalue weighted by Gasteiger charge is -2.44. The zero-order valence-electron chi connectivity index (χ0n) is 20.5. The molecule has 0 saturated carbocycles. The van der Waals surface area contributed by atoms with Crippen molar-refractivity contribution in [2.75, 3.05) is 21.3 Å². The van der Waals surface area contributed by atoms with E-state index in [9.17, 15) is 9.59 Å². The van der Waals surface area contributed by atoms with Crippen molar-refractivity contribution in [2.45, 2.75) is 11.4 Å². The minimum atomic E-state index is -0.919. The minimum absolute atomic E-state index is 0.252. The fourth-order valence-corrected chi connectivity index (χ4v) is 6.01. The van der Waals surface area contributed by atoms with E-state index >= 15 is 0 Å². The number of hydrogen-bond acceptors (Lipinski definition) is 7. The molecule has 5 rings (SSSR count). The first kappa shape index (κ1) is 26.0. The van der Waals surface area contributed by atoms with Gasteiger partial charge >= 0.3 is 0 Å². The number of hydrogen-bond donors (Lipinski definition) is 1. The molecule has 1 aliphatic rings. The number of fused-ring (bicyclic) bond motifs is 1. The number of carbonyl (C=O) groups excluding carboxylic acids is 2. The number of thiophene rings is 1. The predicted molar refractivity (Wildman–Crippen MR) is 146 cm³/mol. The highest BCUT2D eigenvalue weighted by Crippen LogP contribution is 2.48. The second kappa shape index (κ2) is 10.6. The Morgan fingerprint density at radius 1 is 0.947 bits per heavy atom. The molecule has 4 aromatic rings. The molecule has 3 aromatic carbocycles. The lowest BCUT2D eigenvalue weighted by molar-refractivity contribution is -0.149. The predicted octanol–water partition coefficient (Wildman–Crippen LogP) is 6.21. The van der Waals surface area contributed by atoms with Crippen LogP contribution in [0.3, 0.4) is 0 Å². The number of ether oxygens (including phenoxy) is 4. The number of amides is 2. The van der Waals surface area contributed by atoms with E-state index in [0.29, 0.717) is 39.7 Å². The minimum Gasteiger partial charge on any atom is -0.493 e. The van der Waals surface area contributed by atoms with Crippen molar-refractivity contribution in [1.82, 2.24) is 10.4 Å². The highest BCUT2D eigenvalue weighted by molar-refractivity contribution is 7.21. The molecule has 8 nitrogen and oxygen atoms in total. The van der Waals surface area contributed by atoms with Crippen molar-refractivity contribution >= 4 is 56.4 Å². The summed E-state index contributed by atoms with van der Waals surface area (Å²) in [4.78, 5) is 26.2. The molecule has 2 atom stereocenters. The summed E-state index contributed by atoms with van der Waals surface area (Å²) in [6.07, 6.45) is 0. The van der Waals surface area contributed by atoms with Gasteiger partial charge in [-0.05, 0) is 42.5 Å². The number of halogens is 2. The Kier molecular flexibility index (Phi) is 7.25. The van der Waals surface area contributed by atoms with Crippen molar-refractivity contribution in [3.05, 3.63) is 76.1 Å². The third kappa shape index (κ3) is 4.47. The van der Waals surface area contributed by atoms with Crippen LogP contribution in [0.5, 0.6) is 28.7 Å². The summed E-state index contributed by atoms with van der Waals surface area (Å²) in [6.45, 7) is 0. The Morgan fingerprint density at radius 3 is 2.37 bits per heavy atom. The fourth-order valence-electron chi connectivity index (χ4n) is 4.27. The number of para-hydroxylation sites is 1. The molecule has 1 saturated heterocycles. The summed E-state index contributed by atoms with van der Waals surface area (Å²) in [5.74, 6) is 1.41. The summed E-state index contributed by atoms with van der Waals surface area (Å²) in [6, 6.07) is 17.4. The topological polar surface area (TPSA) is 86.3 Å². The Bertz CT molecular complexity index is 1530. The number of carbonyl (C=O) groups is 2. The largest absolute Gasteiger partial charge is 0.493 e. The zero-order chi connectivity index (χ0) is 27.0. The third-order valence-electron chi connectivity index (χ3n) is 6.09. The summed E-state index contributed by atoms with van der Waals surface area (Å²) in [5, 5.41) is 1.18. The maximum Gasteiger partial charge on any atom is 0.281 e. The first-order valence-corrected chi connectivity index (χ1v) is 13.0. The number of alkyl halides is 1. The molecule has 196 valence electrons. The van der Waals surface area contributed by atoms with E-state index in [-0.39, 0.29) is 9.90 Å². The van der Waals surface area contributed by atoms with Crippen molar-refractivity contribution in [3.63, 3.8) is 0 Å². The Balaban J connectivity index is 1.42. The van der Waals surface area contributed by atoms with E-state index in [1.807, 2.05) is 36.4 Å². The molecular weight excluding hydrogens is 551 g/mol. The summed E-state index contributed by atoms with van der Waals surface area (Å²) in [5.41, 5.74) is 3.21. The van der Waals surface area contributed by atoms with Gasteiger partial charge in [0, 0.05) is 15.6 Å². The van der Waals surface area contributed by atoms with Crippen LogP contribution in [0.15, 0.2) is 60.7 Å². The molecule has 0 spiro atoms. The van der Waals surface area contributed by atoms with E-state index in [0.717, 1.165) is 4.70 Å². The average Bonchev–Trinajstić information content (AvgIpc) is 3.28. The lowest BCUT2D eigenvalue weighted by Crippen LogP contribution is -2.63. The molecule has 1 fully saturated rings. The van der Waals surface area contributed by atoms with E-state index in [1.54, 1.807) is 24.3 Å². The molecule has 0 radical (unpaired) electrons. The Hall–Kier alpha value is -3.66. The molecule has 1 N–H and O–H groups in total. The number of β-lactam (4-membered cyclic amide) rings is 1. The standard InChI is InChI=1S/C27H22Cl2N2O6S/c1-34-18-11-10-16(23(35-2)24(18)36-3)22-21(29)27(33)31(22)30-26(32)25-20(28)17-13-15(9-12-19(17)38-25)37-14-7-5-4-6-8-14/h4-13,21-22H,1-3H3,(H,30,32). The molecule has 1 aromatic heterocycles. The highest BCUT2D eigenvalue weighted by atomic mass is 35.5. The van der Waals surface area contributed by atoms with Crippen LogP contribution in [0.25, 0.3) is 10.1 Å². The van der Waals surface area contributed by atoms with E-state index in [4.69, 9.17) is 42.1 Å². The van der Waals surface area contributed by atoms with E-state index in [2.05, 4.69) is 5.43 Å². The van der Waals surface area contributed by atoms with E-state index < -0.39 is 23.2 Å². The molecular formula is C27H22Cl2N2O6S. The van der Waals surface area contributed by atoms with Crippen molar-refractivity contribution in [1.29, 1.82) is 0 Å². The first-order valence-electron chi connectivity index (χ1n) is 11.4. The van der Waals surface area contributed by atoms with Gasteiger partial charge in [-0.2, -0.15) is 0 Å². The Labute approximate surface area is 232 Å². The van der Waals surface area contributed by atoms with Gasteiger partial charge in [0.1, 0.15) is 27.8 Å². The van der Waals surface area contributed by atoms with Gasteiger partial charge in [0.05, 0.1) is 26.4 Å². The van der Waals surface area contributed by atoms with Crippen LogP contribution < -0.4 is 24.4 Å². The SMILES string of the molecule is COc1ccc(C2C(Cl)C(=O)N2NC(=O)c2sc3ccc(Oc4ccccc4)cc3c2Cl)c(OC)c1OC. The van der Waals surface area contributed by atoms with Gasteiger partial charge < -0.3 is 18.9 Å². The normalized spacial score (nSPS) is 16.7. The summed E-state index contributed by atoms with van der Waals surface area (Å²) in [7, 11) is 4.46. The summed E-state index contributed by atoms with van der Waals surface area (Å²) >= 11 is 14.2. The molecule has 0 bridgehead atoms. The number of benzene rings is 3. The smallest absolute Gasteiger partial charge is 0.281 e. The average molecular weight is 573 g/mol. The molecule has 2 heterocycles. The van der Waals surface area contributed by atoms with Crippen LogP contribution in [0.1, 0.15) is 21.3 Å². The molecule has 2 amide bonds. The molecule has 0 aliphatic carbocycles. The number of nitrogens with zero attached hydrogens (tertiary/aromatic N) is 1. The second-order valence-corrected chi connectivity index (χ2v) is 10.1. The van der Waals surface area contributed by atoms with Gasteiger partial charge in [0.25, 0.3) is 11.8 Å². The second-order valence-electron chi connectivity index (χ2n) is 8.24. The van der Waals surface area contributed by atoms with Crippen molar-refractivity contribution in [2.24, 2.45) is 0 Å². The van der Waals surface area contributed by atoms with Gasteiger partial charge in [-0.25, -0.2) is 5.01 Å². The lowest BCUT2D eigenvalue weighted by atomic mass is 9.94. The highest BCUT2D eigenvalue weighted by Gasteiger charge is 2.50. The van der Waals surface area contributed by atoms with Gasteiger partial charge in [-0.15, -0.1) is 22.9 Å². The molecule has 2 unspecified atom stereocenters. The van der Waals surface area contributed by atoms with E-state index in [1.165, 1.54) is 37.7 Å². The van der Waals surface area contributed by atoms with Gasteiger partial charge in [0.15, 0.2) is 11.5 Å². The number of rotatable bonds is 8. The Morgan fingerprint density at radius 2 is 1.68 bits per heavy atom.